The Kier molecular flexibility index (Phi) is 9.91. The molecule has 1 aromatic rings. The predicted molar refractivity (Wildman–Crippen MR) is 89.6 cm³/mol. The van der Waals surface area contributed by atoms with Crippen molar-refractivity contribution in [2.75, 3.05) is 26.3 Å². The van der Waals surface area contributed by atoms with Crippen LogP contribution >= 0.6 is 15.9 Å². The van der Waals surface area contributed by atoms with Crippen LogP contribution in [0.5, 0.6) is 0 Å². The Labute approximate surface area is 135 Å². The Bertz CT molecular complexity index is 413. The molecule has 0 radical (unpaired) electrons. The van der Waals surface area contributed by atoms with Gasteiger partial charge >= 0.3 is 6.03 Å². The third-order valence-corrected chi connectivity index (χ3v) is 3.80. The summed E-state index contributed by atoms with van der Waals surface area (Å²) < 4.78 is 6.51. The van der Waals surface area contributed by atoms with Gasteiger partial charge < -0.3 is 15.4 Å². The zero-order valence-electron chi connectivity index (χ0n) is 12.7. The minimum Gasteiger partial charge on any atom is -0.381 e. The molecule has 5 heteroatoms. The molecule has 21 heavy (non-hydrogen) atoms. The van der Waals surface area contributed by atoms with Gasteiger partial charge in [0.15, 0.2) is 0 Å². The summed E-state index contributed by atoms with van der Waals surface area (Å²) in [5.74, 6) is 0. The van der Waals surface area contributed by atoms with Gasteiger partial charge in [-0.1, -0.05) is 47.5 Å². The average molecular weight is 357 g/mol. The van der Waals surface area contributed by atoms with Crippen LogP contribution in [0.15, 0.2) is 28.7 Å². The van der Waals surface area contributed by atoms with Crippen LogP contribution in [0.4, 0.5) is 4.79 Å². The van der Waals surface area contributed by atoms with E-state index in [0.717, 1.165) is 36.8 Å². The normalized spacial score (nSPS) is 10.4. The summed E-state index contributed by atoms with van der Waals surface area (Å²) in [5, 5.41) is 5.69. The van der Waals surface area contributed by atoms with Crippen LogP contribution in [0.25, 0.3) is 0 Å². The van der Waals surface area contributed by atoms with E-state index in [9.17, 15) is 4.79 Å². The van der Waals surface area contributed by atoms with Crippen LogP contribution in [0.2, 0.25) is 0 Å². The lowest BCUT2D eigenvalue weighted by Crippen LogP contribution is -2.37. The van der Waals surface area contributed by atoms with Crippen molar-refractivity contribution >= 4 is 22.0 Å². The molecule has 0 aliphatic rings. The van der Waals surface area contributed by atoms with Gasteiger partial charge in [0.2, 0.25) is 0 Å². The first-order chi connectivity index (χ1) is 10.2. The van der Waals surface area contributed by atoms with Gasteiger partial charge in [-0.2, -0.15) is 0 Å². The van der Waals surface area contributed by atoms with Crippen molar-refractivity contribution in [2.45, 2.75) is 32.6 Å². The Morgan fingerprint density at radius 1 is 1.14 bits per heavy atom. The average Bonchev–Trinajstić information content (AvgIpc) is 2.48. The number of halogens is 1. The fourth-order valence-electron chi connectivity index (χ4n) is 1.80. The lowest BCUT2D eigenvalue weighted by Gasteiger charge is -2.08. The Morgan fingerprint density at radius 3 is 2.62 bits per heavy atom. The van der Waals surface area contributed by atoms with Gasteiger partial charge in [0.1, 0.15) is 0 Å². The fourth-order valence-corrected chi connectivity index (χ4v) is 2.28. The first kappa shape index (κ1) is 18.0. The highest BCUT2D eigenvalue weighted by Crippen LogP contribution is 2.15. The first-order valence-electron chi connectivity index (χ1n) is 7.57. The second-order valence-electron chi connectivity index (χ2n) is 4.84. The Balaban J connectivity index is 2.00. The summed E-state index contributed by atoms with van der Waals surface area (Å²) in [6.07, 6.45) is 3.91. The van der Waals surface area contributed by atoms with Gasteiger partial charge in [0.05, 0.1) is 0 Å². The number of rotatable bonds is 10. The summed E-state index contributed by atoms with van der Waals surface area (Å²) in [6, 6.07) is 7.93. The molecule has 1 rings (SSSR count). The molecule has 0 saturated carbocycles. The number of nitrogens with one attached hydrogen (secondary N) is 2. The van der Waals surface area contributed by atoms with Gasteiger partial charge in [-0.3, -0.25) is 0 Å². The van der Waals surface area contributed by atoms with Gasteiger partial charge in [0, 0.05) is 30.8 Å². The zero-order valence-corrected chi connectivity index (χ0v) is 14.2. The molecule has 2 amide bonds. The number of carbonyl (C=O) groups is 1. The number of unbranched alkanes of at least 4 members (excludes halogenated alkanes) is 1. The SMILES string of the molecule is CCCCOCCCNC(=O)NCCc1ccccc1Br. The van der Waals surface area contributed by atoms with Crippen LogP contribution in [0.3, 0.4) is 0 Å². The second-order valence-corrected chi connectivity index (χ2v) is 5.70. The van der Waals surface area contributed by atoms with Crippen molar-refractivity contribution in [2.24, 2.45) is 0 Å². The third-order valence-electron chi connectivity index (χ3n) is 3.03. The summed E-state index contributed by atoms with van der Waals surface area (Å²) in [7, 11) is 0. The van der Waals surface area contributed by atoms with E-state index in [0.29, 0.717) is 19.7 Å². The molecule has 0 spiro atoms. The van der Waals surface area contributed by atoms with E-state index in [1.54, 1.807) is 0 Å². The molecule has 0 aliphatic heterocycles. The summed E-state index contributed by atoms with van der Waals surface area (Å²) in [5.41, 5.74) is 1.20. The summed E-state index contributed by atoms with van der Waals surface area (Å²) in [4.78, 5) is 11.6. The number of hydrogen-bond acceptors (Lipinski definition) is 2. The third kappa shape index (κ3) is 8.73. The van der Waals surface area contributed by atoms with Gasteiger partial charge in [-0.05, 0) is 30.9 Å². The number of benzene rings is 1. The van der Waals surface area contributed by atoms with Crippen molar-refractivity contribution in [3.8, 4) is 0 Å². The van der Waals surface area contributed by atoms with E-state index >= 15 is 0 Å². The topological polar surface area (TPSA) is 50.4 Å². The van der Waals surface area contributed by atoms with Gasteiger partial charge in [0.25, 0.3) is 0 Å². The van der Waals surface area contributed by atoms with Crippen molar-refractivity contribution in [1.82, 2.24) is 10.6 Å². The van der Waals surface area contributed by atoms with Crippen molar-refractivity contribution < 1.29 is 9.53 Å². The quantitative estimate of drug-likeness (QED) is 0.630. The highest BCUT2D eigenvalue weighted by atomic mass is 79.9. The predicted octanol–water partition coefficient (Wildman–Crippen LogP) is 3.50. The minimum absolute atomic E-state index is 0.115. The minimum atomic E-state index is -0.115. The molecule has 0 heterocycles. The molecule has 118 valence electrons. The second kappa shape index (κ2) is 11.6. The standard InChI is InChI=1S/C16H25BrN2O2/c1-2-3-12-21-13-6-10-18-16(20)19-11-9-14-7-4-5-8-15(14)17/h4-5,7-8H,2-3,6,9-13H2,1H3,(H2,18,19,20). The van der Waals surface area contributed by atoms with Gasteiger partial charge in [-0.15, -0.1) is 0 Å². The molecule has 4 nitrogen and oxygen atoms in total. The van der Waals surface area contributed by atoms with Crippen LogP contribution in [0, 0.1) is 0 Å². The van der Waals surface area contributed by atoms with Crippen molar-refractivity contribution in [1.29, 1.82) is 0 Å². The Morgan fingerprint density at radius 2 is 1.86 bits per heavy atom. The number of carbonyl (C=O) groups excluding carboxylic acids is 1. The molecular formula is C16H25BrN2O2. The molecule has 0 saturated heterocycles. The van der Waals surface area contributed by atoms with Gasteiger partial charge in [-0.25, -0.2) is 4.79 Å². The highest BCUT2D eigenvalue weighted by molar-refractivity contribution is 9.10. The maximum atomic E-state index is 11.6. The van der Waals surface area contributed by atoms with Crippen molar-refractivity contribution in [3.05, 3.63) is 34.3 Å². The van der Waals surface area contributed by atoms with Crippen LogP contribution in [-0.4, -0.2) is 32.3 Å². The van der Waals surface area contributed by atoms with Crippen molar-refractivity contribution in [3.63, 3.8) is 0 Å². The monoisotopic (exact) mass is 356 g/mol. The lowest BCUT2D eigenvalue weighted by molar-refractivity contribution is 0.129. The largest absolute Gasteiger partial charge is 0.381 e. The zero-order chi connectivity index (χ0) is 15.3. The molecule has 0 fully saturated rings. The Hall–Kier alpha value is -1.07. The smallest absolute Gasteiger partial charge is 0.314 e. The molecule has 1 aromatic carbocycles. The maximum Gasteiger partial charge on any atom is 0.314 e. The lowest BCUT2D eigenvalue weighted by atomic mass is 10.1. The van der Waals surface area contributed by atoms with E-state index in [2.05, 4.69) is 39.6 Å². The number of hydrogen-bond donors (Lipinski definition) is 2. The molecule has 2 N–H and O–H groups in total. The molecule has 0 aliphatic carbocycles. The molecule has 0 aromatic heterocycles. The van der Waals surface area contributed by atoms with Crippen LogP contribution in [-0.2, 0) is 11.2 Å². The maximum absolute atomic E-state index is 11.6. The highest BCUT2D eigenvalue weighted by Gasteiger charge is 2.01. The number of ether oxygens (including phenoxy) is 1. The number of urea groups is 1. The molecule has 0 atom stereocenters. The molecule has 0 unspecified atom stereocenters. The van der Waals surface area contributed by atoms with Crippen LogP contribution < -0.4 is 10.6 Å². The van der Waals surface area contributed by atoms with E-state index in [-0.39, 0.29) is 6.03 Å². The number of amides is 2. The van der Waals surface area contributed by atoms with E-state index in [1.165, 1.54) is 5.56 Å². The molecule has 0 bridgehead atoms. The van der Waals surface area contributed by atoms with E-state index in [1.807, 2.05) is 18.2 Å². The first-order valence-corrected chi connectivity index (χ1v) is 8.36. The van der Waals surface area contributed by atoms with E-state index in [4.69, 9.17) is 4.74 Å². The van der Waals surface area contributed by atoms with Crippen LogP contribution in [0.1, 0.15) is 31.7 Å². The van der Waals surface area contributed by atoms with E-state index < -0.39 is 0 Å². The fraction of sp³-hybridized carbons (Fsp3) is 0.562. The summed E-state index contributed by atoms with van der Waals surface area (Å²) in [6.45, 7) is 4.93. The summed E-state index contributed by atoms with van der Waals surface area (Å²) >= 11 is 3.50. The molecular weight excluding hydrogens is 332 g/mol.